The number of fused-ring (bicyclic) bond motifs is 1. The molecule has 2 N–H and O–H groups in total. The highest BCUT2D eigenvalue weighted by atomic mass is 16.7. The Morgan fingerprint density at radius 2 is 1.77 bits per heavy atom. The normalized spacial score (nSPS) is 11.9. The van der Waals surface area contributed by atoms with Crippen molar-refractivity contribution in [2.24, 2.45) is 5.10 Å². The smallest absolute Gasteiger partial charge is 0.275 e. The predicted molar refractivity (Wildman–Crippen MR) is 84.0 cm³/mol. The van der Waals surface area contributed by atoms with E-state index in [1.807, 2.05) is 24.3 Å². The Bertz CT molecular complexity index is 708. The summed E-state index contributed by atoms with van der Waals surface area (Å²) >= 11 is 0. The first-order valence-electron chi connectivity index (χ1n) is 6.68. The lowest BCUT2D eigenvalue weighted by Crippen LogP contribution is -2.27. The average Bonchev–Trinajstić information content (AvgIpc) is 2.53. The lowest BCUT2D eigenvalue weighted by molar-refractivity contribution is -0.0525. The van der Waals surface area contributed by atoms with Crippen LogP contribution in [0.4, 0.5) is 0 Å². The number of hydrazone groups is 1. The van der Waals surface area contributed by atoms with E-state index in [0.29, 0.717) is 5.71 Å². The summed E-state index contributed by atoms with van der Waals surface area (Å²) in [4.78, 5) is 12.2. The molecule has 0 aliphatic rings. The highest BCUT2D eigenvalue weighted by Gasteiger charge is 2.14. The summed E-state index contributed by atoms with van der Waals surface area (Å²) < 4.78 is 10.1. The third-order valence-electron chi connectivity index (χ3n) is 3.21. The second-order valence-electron chi connectivity index (χ2n) is 4.71. The fourth-order valence-corrected chi connectivity index (χ4v) is 2.10. The number of benzene rings is 2. The Balaban J connectivity index is 2.23. The van der Waals surface area contributed by atoms with Gasteiger partial charge in [-0.3, -0.25) is 4.79 Å². The maximum atomic E-state index is 12.2. The van der Waals surface area contributed by atoms with Crippen LogP contribution in [0.1, 0.15) is 17.3 Å². The fraction of sp³-hybridized carbons (Fsp3) is 0.250. The van der Waals surface area contributed by atoms with Crippen LogP contribution >= 0.6 is 0 Å². The van der Waals surface area contributed by atoms with Gasteiger partial charge in [0.05, 0.1) is 11.3 Å². The minimum absolute atomic E-state index is 0.0981. The summed E-state index contributed by atoms with van der Waals surface area (Å²) in [6.45, 7) is 1.66. The summed E-state index contributed by atoms with van der Waals surface area (Å²) in [5, 5.41) is 15.6. The van der Waals surface area contributed by atoms with Crippen molar-refractivity contribution in [3.05, 3.63) is 42.0 Å². The molecule has 0 saturated carbocycles. The molecule has 2 aromatic carbocycles. The van der Waals surface area contributed by atoms with Crippen molar-refractivity contribution < 1.29 is 19.4 Å². The fourth-order valence-electron chi connectivity index (χ4n) is 2.10. The second kappa shape index (κ2) is 7.02. The summed E-state index contributed by atoms with van der Waals surface area (Å²) in [5.41, 5.74) is 2.99. The molecule has 0 aliphatic carbocycles. The summed E-state index contributed by atoms with van der Waals surface area (Å²) in [5.74, 6) is -0.604. The van der Waals surface area contributed by atoms with Gasteiger partial charge in [0, 0.05) is 14.2 Å². The van der Waals surface area contributed by atoms with E-state index in [2.05, 4.69) is 10.5 Å². The third kappa shape index (κ3) is 3.41. The highest BCUT2D eigenvalue weighted by molar-refractivity contribution is 6.02. The minimum Gasteiger partial charge on any atom is -0.507 e. The van der Waals surface area contributed by atoms with Crippen molar-refractivity contribution in [1.29, 1.82) is 0 Å². The molecule has 0 spiro atoms. The van der Waals surface area contributed by atoms with Crippen molar-refractivity contribution in [2.45, 2.75) is 13.2 Å². The lowest BCUT2D eigenvalue weighted by atomic mass is 10.1. The standard InChI is InChI=1S/C16H18N2O4/c1-10(16(21-2)22-3)17-18-15(20)13-8-11-6-4-5-7-12(11)9-14(13)19/h4-9,16,19H,1-3H3,(H,18,20). The average molecular weight is 302 g/mol. The van der Waals surface area contributed by atoms with Crippen LogP contribution in [-0.4, -0.2) is 37.2 Å². The van der Waals surface area contributed by atoms with Gasteiger partial charge >= 0.3 is 0 Å². The first kappa shape index (κ1) is 15.9. The predicted octanol–water partition coefficient (Wildman–Crippen LogP) is 2.27. The quantitative estimate of drug-likeness (QED) is 0.504. The molecule has 116 valence electrons. The zero-order chi connectivity index (χ0) is 16.1. The number of methoxy groups -OCH3 is 2. The van der Waals surface area contributed by atoms with Gasteiger partial charge in [0.15, 0.2) is 6.29 Å². The monoisotopic (exact) mass is 302 g/mol. The number of rotatable bonds is 5. The Morgan fingerprint density at radius 3 is 2.36 bits per heavy atom. The zero-order valence-electron chi connectivity index (χ0n) is 12.7. The molecule has 0 aliphatic heterocycles. The number of nitrogens with zero attached hydrogens (tertiary/aromatic N) is 1. The number of carbonyl (C=O) groups is 1. The van der Waals surface area contributed by atoms with Crippen LogP contribution < -0.4 is 5.43 Å². The van der Waals surface area contributed by atoms with Gasteiger partial charge < -0.3 is 14.6 Å². The molecule has 0 bridgehead atoms. The van der Waals surface area contributed by atoms with Crippen LogP contribution in [0.2, 0.25) is 0 Å². The van der Waals surface area contributed by atoms with E-state index in [1.165, 1.54) is 14.2 Å². The third-order valence-corrected chi connectivity index (χ3v) is 3.21. The molecule has 0 saturated heterocycles. The molecule has 0 aromatic heterocycles. The summed E-state index contributed by atoms with van der Waals surface area (Å²) in [7, 11) is 2.95. The number of amides is 1. The van der Waals surface area contributed by atoms with Crippen LogP contribution in [-0.2, 0) is 9.47 Å². The van der Waals surface area contributed by atoms with Crippen LogP contribution in [0.3, 0.4) is 0 Å². The maximum Gasteiger partial charge on any atom is 0.275 e. The Hall–Kier alpha value is -2.44. The van der Waals surface area contributed by atoms with Gasteiger partial charge in [0.2, 0.25) is 0 Å². The van der Waals surface area contributed by atoms with E-state index in [1.54, 1.807) is 19.1 Å². The van der Waals surface area contributed by atoms with E-state index in [9.17, 15) is 9.90 Å². The van der Waals surface area contributed by atoms with Crippen molar-refractivity contribution in [1.82, 2.24) is 5.43 Å². The molecule has 0 unspecified atom stereocenters. The molecule has 0 atom stereocenters. The van der Waals surface area contributed by atoms with Crippen molar-refractivity contribution in [2.75, 3.05) is 14.2 Å². The number of hydrogen-bond donors (Lipinski definition) is 2. The van der Waals surface area contributed by atoms with Crippen LogP contribution in [0.5, 0.6) is 5.75 Å². The minimum atomic E-state index is -0.634. The molecule has 0 radical (unpaired) electrons. The van der Waals surface area contributed by atoms with E-state index in [0.717, 1.165) is 10.8 Å². The van der Waals surface area contributed by atoms with Crippen molar-refractivity contribution in [3.8, 4) is 5.75 Å². The van der Waals surface area contributed by atoms with Gasteiger partial charge in [0.25, 0.3) is 5.91 Å². The van der Waals surface area contributed by atoms with E-state index in [-0.39, 0.29) is 11.3 Å². The molecule has 1 amide bonds. The molecular formula is C16H18N2O4. The summed E-state index contributed by atoms with van der Waals surface area (Å²) in [6.07, 6.45) is -0.634. The molecule has 22 heavy (non-hydrogen) atoms. The van der Waals surface area contributed by atoms with Crippen LogP contribution in [0.25, 0.3) is 10.8 Å². The molecular weight excluding hydrogens is 284 g/mol. The van der Waals surface area contributed by atoms with E-state index < -0.39 is 12.2 Å². The van der Waals surface area contributed by atoms with Crippen LogP contribution in [0.15, 0.2) is 41.5 Å². The topological polar surface area (TPSA) is 80.2 Å². The number of phenolic OH excluding ortho intramolecular Hbond substituents is 1. The molecule has 0 heterocycles. The second-order valence-corrected chi connectivity index (χ2v) is 4.71. The largest absolute Gasteiger partial charge is 0.507 e. The van der Waals surface area contributed by atoms with Gasteiger partial charge in [-0.25, -0.2) is 5.43 Å². The summed E-state index contributed by atoms with van der Waals surface area (Å²) in [6, 6.07) is 10.6. The number of nitrogens with one attached hydrogen (secondary N) is 1. The molecule has 2 rings (SSSR count). The molecule has 0 fully saturated rings. The van der Waals surface area contributed by atoms with Gasteiger partial charge in [-0.1, -0.05) is 24.3 Å². The Kier molecular flexibility index (Phi) is 5.08. The Labute approximate surface area is 128 Å². The maximum absolute atomic E-state index is 12.2. The van der Waals surface area contributed by atoms with Crippen molar-refractivity contribution in [3.63, 3.8) is 0 Å². The number of carbonyl (C=O) groups excluding carboxylic acids is 1. The molecule has 2 aromatic rings. The van der Waals surface area contributed by atoms with Crippen molar-refractivity contribution >= 4 is 22.4 Å². The van der Waals surface area contributed by atoms with Gasteiger partial charge in [0.1, 0.15) is 5.75 Å². The van der Waals surface area contributed by atoms with Gasteiger partial charge in [-0.15, -0.1) is 0 Å². The first-order valence-corrected chi connectivity index (χ1v) is 6.68. The number of ether oxygens (including phenoxy) is 2. The van der Waals surface area contributed by atoms with Gasteiger partial charge in [-0.2, -0.15) is 5.10 Å². The zero-order valence-corrected chi connectivity index (χ0v) is 12.7. The molecule has 6 nitrogen and oxygen atoms in total. The van der Waals surface area contributed by atoms with Crippen LogP contribution in [0, 0.1) is 0 Å². The number of aromatic hydroxyl groups is 1. The number of phenols is 1. The SMILES string of the molecule is COC(OC)C(C)=NNC(=O)c1cc2ccccc2cc1O. The van der Waals surface area contributed by atoms with E-state index >= 15 is 0 Å². The molecule has 6 heteroatoms. The van der Waals surface area contributed by atoms with Gasteiger partial charge in [-0.05, 0) is 29.8 Å². The Morgan fingerprint density at radius 1 is 1.18 bits per heavy atom. The highest BCUT2D eigenvalue weighted by Crippen LogP contribution is 2.24. The number of hydrogen-bond acceptors (Lipinski definition) is 5. The lowest BCUT2D eigenvalue weighted by Gasteiger charge is -2.12. The van der Waals surface area contributed by atoms with E-state index in [4.69, 9.17) is 9.47 Å². The first-order chi connectivity index (χ1) is 10.6.